The highest BCUT2D eigenvalue weighted by atomic mass is 79.9. The number of urea groups is 1. The van der Waals surface area contributed by atoms with Gasteiger partial charge in [-0.25, -0.2) is 4.79 Å². The van der Waals surface area contributed by atoms with Crippen LogP contribution in [0.15, 0.2) is 28.7 Å². The SMILES string of the molecule is CN(Cc1ccc(Br)cc1)C(=O)N1CCOCC1. The molecule has 1 fully saturated rings. The maximum atomic E-state index is 12.2. The summed E-state index contributed by atoms with van der Waals surface area (Å²) in [5.74, 6) is 0. The zero-order valence-electron chi connectivity index (χ0n) is 10.4. The minimum atomic E-state index is 0.0706. The summed E-state index contributed by atoms with van der Waals surface area (Å²) < 4.78 is 6.29. The Hall–Kier alpha value is -1.07. The van der Waals surface area contributed by atoms with E-state index in [1.54, 1.807) is 4.90 Å². The third-order valence-electron chi connectivity index (χ3n) is 2.94. The van der Waals surface area contributed by atoms with E-state index in [0.717, 1.165) is 10.0 Å². The molecule has 1 aliphatic heterocycles. The average Bonchev–Trinajstić information content (AvgIpc) is 2.41. The fraction of sp³-hybridized carbons (Fsp3) is 0.462. The van der Waals surface area contributed by atoms with Crippen molar-refractivity contribution in [3.8, 4) is 0 Å². The van der Waals surface area contributed by atoms with Crippen molar-refractivity contribution in [3.63, 3.8) is 0 Å². The summed E-state index contributed by atoms with van der Waals surface area (Å²) in [5.41, 5.74) is 1.13. The molecule has 0 radical (unpaired) electrons. The van der Waals surface area contributed by atoms with Crippen molar-refractivity contribution in [1.29, 1.82) is 0 Å². The van der Waals surface area contributed by atoms with Gasteiger partial charge in [-0.15, -0.1) is 0 Å². The smallest absolute Gasteiger partial charge is 0.320 e. The van der Waals surface area contributed by atoms with E-state index >= 15 is 0 Å². The minimum Gasteiger partial charge on any atom is -0.378 e. The van der Waals surface area contributed by atoms with Gasteiger partial charge < -0.3 is 14.5 Å². The number of nitrogens with zero attached hydrogens (tertiary/aromatic N) is 2. The number of carbonyl (C=O) groups is 1. The van der Waals surface area contributed by atoms with Crippen molar-refractivity contribution in [2.45, 2.75) is 6.54 Å². The molecule has 0 N–H and O–H groups in total. The lowest BCUT2D eigenvalue weighted by molar-refractivity contribution is 0.0448. The average molecular weight is 313 g/mol. The Morgan fingerprint density at radius 1 is 1.33 bits per heavy atom. The number of amides is 2. The van der Waals surface area contributed by atoms with Crippen LogP contribution in [0.2, 0.25) is 0 Å². The molecule has 1 heterocycles. The van der Waals surface area contributed by atoms with E-state index in [9.17, 15) is 4.79 Å². The summed E-state index contributed by atoms with van der Waals surface area (Å²) in [6.07, 6.45) is 0. The van der Waals surface area contributed by atoms with Gasteiger partial charge in [-0.05, 0) is 17.7 Å². The molecule has 0 aromatic heterocycles. The molecule has 98 valence electrons. The van der Waals surface area contributed by atoms with Crippen LogP contribution in [0.1, 0.15) is 5.56 Å². The lowest BCUT2D eigenvalue weighted by Crippen LogP contribution is -2.46. The van der Waals surface area contributed by atoms with Gasteiger partial charge in [-0.1, -0.05) is 28.1 Å². The fourth-order valence-electron chi connectivity index (χ4n) is 1.93. The first kappa shape index (κ1) is 13.4. The zero-order chi connectivity index (χ0) is 13.0. The Labute approximate surface area is 116 Å². The van der Waals surface area contributed by atoms with Crippen molar-refractivity contribution < 1.29 is 9.53 Å². The first-order valence-electron chi connectivity index (χ1n) is 5.99. The summed E-state index contributed by atoms with van der Waals surface area (Å²) in [4.78, 5) is 15.7. The van der Waals surface area contributed by atoms with E-state index in [1.807, 2.05) is 36.2 Å². The van der Waals surface area contributed by atoms with E-state index < -0.39 is 0 Å². The molecule has 5 heteroatoms. The maximum absolute atomic E-state index is 12.2. The molecular formula is C13H17BrN2O2. The highest BCUT2D eigenvalue weighted by Crippen LogP contribution is 2.12. The first-order valence-corrected chi connectivity index (χ1v) is 6.78. The molecule has 0 bridgehead atoms. The van der Waals surface area contributed by atoms with Crippen LogP contribution in [0.5, 0.6) is 0 Å². The molecule has 1 aromatic carbocycles. The Kier molecular flexibility index (Phi) is 4.60. The molecule has 1 saturated heterocycles. The second kappa shape index (κ2) is 6.20. The van der Waals surface area contributed by atoms with Crippen LogP contribution < -0.4 is 0 Å². The van der Waals surface area contributed by atoms with Crippen molar-refractivity contribution in [1.82, 2.24) is 9.80 Å². The molecule has 1 aromatic rings. The van der Waals surface area contributed by atoms with Gasteiger partial charge >= 0.3 is 6.03 Å². The van der Waals surface area contributed by atoms with Crippen LogP contribution in [-0.2, 0) is 11.3 Å². The number of hydrogen-bond acceptors (Lipinski definition) is 2. The molecular weight excluding hydrogens is 296 g/mol. The molecule has 0 spiro atoms. The van der Waals surface area contributed by atoms with Crippen molar-refractivity contribution in [2.75, 3.05) is 33.4 Å². The number of benzene rings is 1. The number of hydrogen-bond donors (Lipinski definition) is 0. The van der Waals surface area contributed by atoms with Gasteiger partial charge in [0.15, 0.2) is 0 Å². The highest BCUT2D eigenvalue weighted by molar-refractivity contribution is 9.10. The summed E-state index contributed by atoms with van der Waals surface area (Å²) in [6, 6.07) is 8.09. The molecule has 0 saturated carbocycles. The van der Waals surface area contributed by atoms with Crippen LogP contribution in [-0.4, -0.2) is 49.2 Å². The second-order valence-corrected chi connectivity index (χ2v) is 5.28. The highest BCUT2D eigenvalue weighted by Gasteiger charge is 2.20. The Bertz CT molecular complexity index is 402. The van der Waals surface area contributed by atoms with Gasteiger partial charge in [0, 0.05) is 31.2 Å². The van der Waals surface area contributed by atoms with Crippen molar-refractivity contribution >= 4 is 22.0 Å². The molecule has 0 unspecified atom stereocenters. The van der Waals surface area contributed by atoms with Crippen LogP contribution in [0.4, 0.5) is 4.79 Å². The van der Waals surface area contributed by atoms with Gasteiger partial charge in [0.25, 0.3) is 0 Å². The topological polar surface area (TPSA) is 32.8 Å². The van der Waals surface area contributed by atoms with E-state index in [2.05, 4.69) is 15.9 Å². The van der Waals surface area contributed by atoms with E-state index in [1.165, 1.54) is 0 Å². The summed E-state index contributed by atoms with van der Waals surface area (Å²) in [6.45, 7) is 3.27. The van der Waals surface area contributed by atoms with E-state index in [-0.39, 0.29) is 6.03 Å². The van der Waals surface area contributed by atoms with Crippen molar-refractivity contribution in [2.24, 2.45) is 0 Å². The Morgan fingerprint density at radius 2 is 1.94 bits per heavy atom. The largest absolute Gasteiger partial charge is 0.378 e. The third kappa shape index (κ3) is 3.46. The number of ether oxygens (including phenoxy) is 1. The van der Waals surface area contributed by atoms with Gasteiger partial charge in [0.2, 0.25) is 0 Å². The van der Waals surface area contributed by atoms with Crippen LogP contribution in [0, 0.1) is 0 Å². The summed E-state index contributed by atoms with van der Waals surface area (Å²) in [5, 5.41) is 0. The molecule has 2 amide bonds. The van der Waals surface area contributed by atoms with E-state index in [0.29, 0.717) is 32.8 Å². The number of rotatable bonds is 2. The molecule has 0 aliphatic carbocycles. The minimum absolute atomic E-state index is 0.0706. The van der Waals surface area contributed by atoms with Crippen LogP contribution in [0.3, 0.4) is 0 Å². The molecule has 4 nitrogen and oxygen atoms in total. The monoisotopic (exact) mass is 312 g/mol. The second-order valence-electron chi connectivity index (χ2n) is 4.36. The predicted molar refractivity (Wildman–Crippen MR) is 73.4 cm³/mol. The summed E-state index contributed by atoms with van der Waals surface area (Å²) in [7, 11) is 1.83. The maximum Gasteiger partial charge on any atom is 0.320 e. The first-order chi connectivity index (χ1) is 8.66. The quantitative estimate of drug-likeness (QED) is 0.839. The number of carbonyl (C=O) groups excluding carboxylic acids is 1. The van der Waals surface area contributed by atoms with Gasteiger partial charge in [0.05, 0.1) is 13.2 Å². The van der Waals surface area contributed by atoms with Gasteiger partial charge in [-0.3, -0.25) is 0 Å². The Morgan fingerprint density at radius 3 is 2.56 bits per heavy atom. The van der Waals surface area contributed by atoms with Gasteiger partial charge in [0.1, 0.15) is 0 Å². The van der Waals surface area contributed by atoms with Gasteiger partial charge in [-0.2, -0.15) is 0 Å². The lowest BCUT2D eigenvalue weighted by Gasteiger charge is -2.31. The Balaban J connectivity index is 1.92. The van der Waals surface area contributed by atoms with Crippen LogP contribution >= 0.6 is 15.9 Å². The van der Waals surface area contributed by atoms with E-state index in [4.69, 9.17) is 4.74 Å². The summed E-state index contributed by atoms with van der Waals surface area (Å²) >= 11 is 3.40. The van der Waals surface area contributed by atoms with Crippen LogP contribution in [0.25, 0.3) is 0 Å². The third-order valence-corrected chi connectivity index (χ3v) is 3.47. The van der Waals surface area contributed by atoms with Crippen molar-refractivity contribution in [3.05, 3.63) is 34.3 Å². The zero-order valence-corrected chi connectivity index (χ0v) is 12.0. The molecule has 2 rings (SSSR count). The number of morpholine rings is 1. The number of halogens is 1. The normalized spacial score (nSPS) is 15.6. The fourth-order valence-corrected chi connectivity index (χ4v) is 2.19. The predicted octanol–water partition coefficient (Wildman–Crippen LogP) is 2.33. The molecule has 0 atom stereocenters. The molecule has 18 heavy (non-hydrogen) atoms. The lowest BCUT2D eigenvalue weighted by atomic mass is 10.2. The standard InChI is InChI=1S/C13H17BrN2O2/c1-15(10-11-2-4-12(14)5-3-11)13(17)16-6-8-18-9-7-16/h2-5H,6-10H2,1H3. The molecule has 1 aliphatic rings.